The van der Waals surface area contributed by atoms with Gasteiger partial charge in [0.1, 0.15) is 0 Å². The van der Waals surface area contributed by atoms with E-state index in [2.05, 4.69) is 58.1 Å². The second-order valence-corrected chi connectivity index (χ2v) is 12.7. The normalized spacial score (nSPS) is 12.9. The van der Waals surface area contributed by atoms with Gasteiger partial charge in [0.2, 0.25) is 0 Å². The van der Waals surface area contributed by atoms with Crippen LogP contribution < -0.4 is 0 Å². The Kier molecular flexibility index (Phi) is 3.67. The maximum Gasteiger partial charge on any atom is 0.154 e. The Morgan fingerprint density at radius 2 is 1.53 bits per heavy atom. The highest BCUT2D eigenvalue weighted by molar-refractivity contribution is 7.18. The van der Waals surface area contributed by atoms with Gasteiger partial charge in [-0.1, -0.05) is 58.1 Å². The van der Waals surface area contributed by atoms with Gasteiger partial charge in [-0.15, -0.1) is 0 Å². The van der Waals surface area contributed by atoms with Crippen molar-refractivity contribution in [2.45, 2.75) is 45.3 Å². The zero-order valence-electron chi connectivity index (χ0n) is 10.4. The highest BCUT2D eigenvalue weighted by Gasteiger charge is 2.18. The Morgan fingerprint density at radius 1 is 1.07 bits per heavy atom. The van der Waals surface area contributed by atoms with Crippen LogP contribution in [0.3, 0.4) is 0 Å². The van der Waals surface area contributed by atoms with Gasteiger partial charge in [0.15, 0.2) is 7.38 Å². The van der Waals surface area contributed by atoms with Crippen LogP contribution in [0.4, 0.5) is 0 Å². The number of halogens is 1. The van der Waals surface area contributed by atoms with E-state index in [1.807, 2.05) is 0 Å². The first kappa shape index (κ1) is 12.8. The van der Waals surface area contributed by atoms with Crippen molar-refractivity contribution >= 4 is 18.5 Å². The van der Waals surface area contributed by atoms with Gasteiger partial charge in [-0.25, -0.2) is 0 Å². The van der Waals surface area contributed by atoms with Crippen LogP contribution in [0.25, 0.3) is 0 Å². The highest BCUT2D eigenvalue weighted by atomic mass is 35.6. The molecule has 0 amide bonds. The van der Waals surface area contributed by atoms with Crippen molar-refractivity contribution in [2.75, 3.05) is 0 Å². The lowest BCUT2D eigenvalue weighted by Crippen LogP contribution is -2.20. The zero-order chi connectivity index (χ0) is 11.7. The molecule has 84 valence electrons. The summed E-state index contributed by atoms with van der Waals surface area (Å²) in [6.45, 7) is 11.1. The SMILES string of the molecule is CC(C)(C)c1ccc(C[Si](C)(C)Cl)cc1. The predicted octanol–water partition coefficient (Wildman–Crippen LogP) is 4.51. The Balaban J connectivity index is 2.82. The largest absolute Gasteiger partial charge is 0.167 e. The lowest BCUT2D eigenvalue weighted by Gasteiger charge is -2.20. The van der Waals surface area contributed by atoms with Gasteiger partial charge in [0, 0.05) is 0 Å². The molecule has 0 aliphatic carbocycles. The smallest absolute Gasteiger partial charge is 0.154 e. The summed E-state index contributed by atoms with van der Waals surface area (Å²) in [4.78, 5) is 0. The summed E-state index contributed by atoms with van der Waals surface area (Å²) in [5, 5.41) is 0. The third kappa shape index (κ3) is 4.39. The van der Waals surface area contributed by atoms with Crippen LogP contribution in [-0.4, -0.2) is 7.38 Å². The Morgan fingerprint density at radius 3 is 1.87 bits per heavy atom. The molecule has 1 aromatic carbocycles. The van der Waals surface area contributed by atoms with Gasteiger partial charge in [-0.2, -0.15) is 11.1 Å². The molecule has 0 fully saturated rings. The van der Waals surface area contributed by atoms with Gasteiger partial charge >= 0.3 is 0 Å². The number of hydrogen-bond acceptors (Lipinski definition) is 0. The molecular weight excluding hydrogens is 220 g/mol. The summed E-state index contributed by atoms with van der Waals surface area (Å²) in [6, 6.07) is 9.95. The molecule has 0 aromatic heterocycles. The van der Waals surface area contributed by atoms with Crippen molar-refractivity contribution in [3.05, 3.63) is 35.4 Å². The van der Waals surface area contributed by atoms with Gasteiger partial charge in [-0.05, 0) is 22.6 Å². The van der Waals surface area contributed by atoms with Crippen LogP contribution in [-0.2, 0) is 11.5 Å². The van der Waals surface area contributed by atoms with Crippen LogP contribution in [0.15, 0.2) is 24.3 Å². The third-order valence-corrected chi connectivity index (χ3v) is 4.09. The van der Waals surface area contributed by atoms with E-state index in [4.69, 9.17) is 11.1 Å². The van der Waals surface area contributed by atoms with E-state index in [-0.39, 0.29) is 5.41 Å². The topological polar surface area (TPSA) is 0 Å². The number of hydrogen-bond donors (Lipinski definition) is 0. The second kappa shape index (κ2) is 4.30. The molecule has 0 atom stereocenters. The molecule has 15 heavy (non-hydrogen) atoms. The lowest BCUT2D eigenvalue weighted by atomic mass is 9.87. The first-order valence-corrected chi connectivity index (χ1v) is 9.69. The molecule has 0 spiro atoms. The van der Waals surface area contributed by atoms with Crippen molar-refractivity contribution in [1.29, 1.82) is 0 Å². The fourth-order valence-electron chi connectivity index (χ4n) is 1.61. The fraction of sp³-hybridized carbons (Fsp3) is 0.538. The maximum absolute atomic E-state index is 6.34. The van der Waals surface area contributed by atoms with E-state index in [0.29, 0.717) is 0 Å². The molecular formula is C13H21ClSi. The van der Waals surface area contributed by atoms with Crippen molar-refractivity contribution in [3.63, 3.8) is 0 Å². The third-order valence-electron chi connectivity index (χ3n) is 2.44. The van der Waals surface area contributed by atoms with E-state index in [1.165, 1.54) is 11.1 Å². The zero-order valence-corrected chi connectivity index (χ0v) is 12.2. The van der Waals surface area contributed by atoms with E-state index in [0.717, 1.165) is 6.04 Å². The molecule has 0 unspecified atom stereocenters. The molecule has 0 heterocycles. The predicted molar refractivity (Wildman–Crippen MR) is 72.2 cm³/mol. The minimum atomic E-state index is -1.49. The van der Waals surface area contributed by atoms with Crippen LogP contribution in [0, 0.1) is 0 Å². The van der Waals surface area contributed by atoms with E-state index < -0.39 is 7.38 Å². The highest BCUT2D eigenvalue weighted by Crippen LogP contribution is 2.23. The first-order chi connectivity index (χ1) is 6.68. The summed E-state index contributed by atoms with van der Waals surface area (Å²) in [7, 11) is -1.49. The second-order valence-electron chi connectivity index (χ2n) is 5.84. The molecule has 0 nitrogen and oxygen atoms in total. The molecule has 0 saturated carbocycles. The average Bonchev–Trinajstić information content (AvgIpc) is 2.00. The number of benzene rings is 1. The minimum absolute atomic E-state index is 0.243. The summed E-state index contributed by atoms with van der Waals surface area (Å²) in [5.74, 6) is 0. The van der Waals surface area contributed by atoms with Crippen LogP contribution in [0.1, 0.15) is 31.9 Å². The van der Waals surface area contributed by atoms with Crippen molar-refractivity contribution in [3.8, 4) is 0 Å². The van der Waals surface area contributed by atoms with Gasteiger partial charge in [0.25, 0.3) is 0 Å². The molecule has 0 aliphatic heterocycles. The van der Waals surface area contributed by atoms with Gasteiger partial charge in [0.05, 0.1) is 0 Å². The molecule has 0 N–H and O–H groups in total. The molecule has 1 rings (SSSR count). The first-order valence-electron chi connectivity index (χ1n) is 5.47. The molecule has 0 radical (unpaired) electrons. The molecule has 0 aliphatic rings. The fourth-order valence-corrected chi connectivity index (χ4v) is 3.28. The van der Waals surface area contributed by atoms with Gasteiger partial charge < -0.3 is 0 Å². The molecule has 0 saturated heterocycles. The average molecular weight is 241 g/mol. The summed E-state index contributed by atoms with van der Waals surface area (Å²) < 4.78 is 0. The Labute approximate surface area is 99.4 Å². The van der Waals surface area contributed by atoms with E-state index in [9.17, 15) is 0 Å². The lowest BCUT2D eigenvalue weighted by molar-refractivity contribution is 0.590. The Bertz CT molecular complexity index is 314. The summed E-state index contributed by atoms with van der Waals surface area (Å²) in [6.07, 6.45) is 0. The monoisotopic (exact) mass is 240 g/mol. The molecule has 0 bridgehead atoms. The summed E-state index contributed by atoms with van der Waals surface area (Å²) >= 11 is 6.34. The van der Waals surface area contributed by atoms with Gasteiger partial charge in [-0.3, -0.25) is 0 Å². The molecule has 2 heteroatoms. The van der Waals surface area contributed by atoms with Crippen molar-refractivity contribution < 1.29 is 0 Å². The van der Waals surface area contributed by atoms with Crippen LogP contribution >= 0.6 is 11.1 Å². The van der Waals surface area contributed by atoms with E-state index >= 15 is 0 Å². The maximum atomic E-state index is 6.34. The Hall–Kier alpha value is -0.273. The van der Waals surface area contributed by atoms with Crippen LogP contribution in [0.5, 0.6) is 0 Å². The quantitative estimate of drug-likeness (QED) is 0.527. The number of rotatable bonds is 2. The summed E-state index contributed by atoms with van der Waals surface area (Å²) in [5.41, 5.74) is 3.00. The van der Waals surface area contributed by atoms with Crippen molar-refractivity contribution in [2.24, 2.45) is 0 Å². The molecule has 1 aromatic rings. The van der Waals surface area contributed by atoms with Crippen LogP contribution in [0.2, 0.25) is 13.1 Å². The van der Waals surface area contributed by atoms with Crippen molar-refractivity contribution in [1.82, 2.24) is 0 Å². The van der Waals surface area contributed by atoms with E-state index in [1.54, 1.807) is 0 Å². The minimum Gasteiger partial charge on any atom is -0.167 e. The standard InChI is InChI=1S/C13H21ClSi/c1-13(2,3)12-8-6-11(7-9-12)10-15(4,5)14/h6-9H,10H2,1-5H3.